The lowest BCUT2D eigenvalue weighted by Crippen LogP contribution is -2.18. The Morgan fingerprint density at radius 1 is 1.50 bits per heavy atom. The molecule has 6 heteroatoms. The maximum Gasteiger partial charge on any atom is 0.350 e. The van der Waals surface area contributed by atoms with E-state index in [0.29, 0.717) is 25.5 Å². The highest BCUT2D eigenvalue weighted by molar-refractivity contribution is 5.93. The van der Waals surface area contributed by atoms with Gasteiger partial charge >= 0.3 is 5.97 Å². The highest BCUT2D eigenvalue weighted by Crippen LogP contribution is 2.06. The first kappa shape index (κ1) is 15.8. The van der Waals surface area contributed by atoms with Crippen LogP contribution in [0.4, 0.5) is 0 Å². The zero-order valence-corrected chi connectivity index (χ0v) is 11.6. The van der Waals surface area contributed by atoms with E-state index in [1.807, 2.05) is 13.0 Å². The van der Waals surface area contributed by atoms with E-state index in [4.69, 9.17) is 19.2 Å². The van der Waals surface area contributed by atoms with E-state index in [1.54, 1.807) is 25.5 Å². The fourth-order valence-electron chi connectivity index (χ4n) is 1.41. The van der Waals surface area contributed by atoms with Crippen molar-refractivity contribution >= 4 is 5.97 Å². The fraction of sp³-hybridized carbons (Fsp3) is 0.429. The molecule has 108 valence electrons. The summed E-state index contributed by atoms with van der Waals surface area (Å²) in [5, 5.41) is 12.0. The molecule has 0 saturated heterocycles. The van der Waals surface area contributed by atoms with Crippen molar-refractivity contribution in [2.45, 2.75) is 20.4 Å². The molecule has 0 amide bonds. The summed E-state index contributed by atoms with van der Waals surface area (Å²) in [6.45, 7) is 4.99. The molecule has 1 N–H and O–H groups in total. The van der Waals surface area contributed by atoms with Gasteiger partial charge in [0.2, 0.25) is 0 Å². The standard InChI is InChI=1S/C14H18N2O4/c1-3-18-6-7-20-14(17)13(8-15)11(2)16-9-12-4-5-19-10-12/h4-5,10,16H,3,6-7,9H2,1-2H3/b13-11-. The molecule has 0 aliphatic carbocycles. The number of hydrogen-bond acceptors (Lipinski definition) is 6. The Balaban J connectivity index is 2.51. The molecule has 20 heavy (non-hydrogen) atoms. The molecule has 1 rings (SSSR count). The van der Waals surface area contributed by atoms with Crippen LogP contribution in [0, 0.1) is 11.3 Å². The van der Waals surface area contributed by atoms with Gasteiger partial charge in [0.15, 0.2) is 5.57 Å². The minimum atomic E-state index is -0.649. The van der Waals surface area contributed by atoms with Crippen LogP contribution in [0.3, 0.4) is 0 Å². The Bertz CT molecular complexity index is 486. The van der Waals surface area contributed by atoms with E-state index in [-0.39, 0.29) is 12.2 Å². The lowest BCUT2D eigenvalue weighted by molar-refractivity contribution is -0.140. The zero-order valence-electron chi connectivity index (χ0n) is 11.6. The van der Waals surface area contributed by atoms with Crippen molar-refractivity contribution in [3.05, 3.63) is 35.4 Å². The Labute approximate surface area is 118 Å². The molecular weight excluding hydrogens is 260 g/mol. The zero-order chi connectivity index (χ0) is 14.8. The molecule has 1 aromatic rings. The van der Waals surface area contributed by atoms with Gasteiger partial charge in [0.25, 0.3) is 0 Å². The summed E-state index contributed by atoms with van der Waals surface area (Å²) in [5.41, 5.74) is 1.35. The van der Waals surface area contributed by atoms with Crippen LogP contribution in [0.1, 0.15) is 19.4 Å². The number of nitrogens with one attached hydrogen (secondary N) is 1. The fourth-order valence-corrected chi connectivity index (χ4v) is 1.41. The Morgan fingerprint density at radius 3 is 2.90 bits per heavy atom. The predicted octanol–water partition coefficient (Wildman–Crippen LogP) is 1.75. The van der Waals surface area contributed by atoms with Gasteiger partial charge in [-0.3, -0.25) is 0 Å². The van der Waals surface area contributed by atoms with Crippen LogP contribution in [0.5, 0.6) is 0 Å². The summed E-state index contributed by atoms with van der Waals surface area (Å²) in [7, 11) is 0. The van der Waals surface area contributed by atoms with Gasteiger partial charge in [0.05, 0.1) is 19.1 Å². The second kappa shape index (κ2) is 8.77. The predicted molar refractivity (Wildman–Crippen MR) is 71.3 cm³/mol. The first-order valence-electron chi connectivity index (χ1n) is 6.29. The van der Waals surface area contributed by atoms with Gasteiger partial charge in [0, 0.05) is 24.4 Å². The molecule has 0 bridgehead atoms. The maximum atomic E-state index is 11.7. The highest BCUT2D eigenvalue weighted by Gasteiger charge is 2.14. The number of carbonyl (C=O) groups is 1. The number of nitriles is 1. The van der Waals surface area contributed by atoms with Crippen molar-refractivity contribution in [1.82, 2.24) is 5.32 Å². The molecule has 0 aliphatic rings. The topological polar surface area (TPSA) is 84.5 Å². The number of rotatable bonds is 8. The van der Waals surface area contributed by atoms with Gasteiger partial charge in [-0.2, -0.15) is 5.26 Å². The third kappa shape index (κ3) is 5.16. The molecule has 1 heterocycles. The number of nitrogens with zero attached hydrogens (tertiary/aromatic N) is 1. The Kier molecular flexibility index (Phi) is 6.93. The van der Waals surface area contributed by atoms with Crippen LogP contribution in [-0.2, 0) is 20.8 Å². The number of hydrogen-bond donors (Lipinski definition) is 1. The smallest absolute Gasteiger partial charge is 0.350 e. The van der Waals surface area contributed by atoms with Gasteiger partial charge in [0.1, 0.15) is 12.7 Å². The number of allylic oxidation sites excluding steroid dienone is 1. The molecule has 0 unspecified atom stereocenters. The number of esters is 1. The van der Waals surface area contributed by atoms with E-state index < -0.39 is 5.97 Å². The van der Waals surface area contributed by atoms with Crippen molar-refractivity contribution in [3.63, 3.8) is 0 Å². The summed E-state index contributed by atoms with van der Waals surface area (Å²) in [6.07, 6.45) is 3.15. The van der Waals surface area contributed by atoms with Crippen LogP contribution < -0.4 is 5.32 Å². The van der Waals surface area contributed by atoms with E-state index in [1.165, 1.54) is 0 Å². The molecular formula is C14H18N2O4. The molecule has 0 saturated carbocycles. The third-order valence-electron chi connectivity index (χ3n) is 2.49. The van der Waals surface area contributed by atoms with Crippen molar-refractivity contribution < 1.29 is 18.7 Å². The third-order valence-corrected chi connectivity index (χ3v) is 2.49. The second-order valence-corrected chi connectivity index (χ2v) is 3.93. The Morgan fingerprint density at radius 2 is 2.30 bits per heavy atom. The maximum absolute atomic E-state index is 11.7. The average molecular weight is 278 g/mol. The van der Waals surface area contributed by atoms with Crippen LogP contribution in [-0.4, -0.2) is 25.8 Å². The highest BCUT2D eigenvalue weighted by atomic mass is 16.6. The summed E-state index contributed by atoms with van der Waals surface area (Å²) in [4.78, 5) is 11.7. The van der Waals surface area contributed by atoms with Crippen molar-refractivity contribution in [2.75, 3.05) is 19.8 Å². The monoisotopic (exact) mass is 278 g/mol. The first-order valence-corrected chi connectivity index (χ1v) is 6.29. The summed E-state index contributed by atoms with van der Waals surface area (Å²) >= 11 is 0. The van der Waals surface area contributed by atoms with E-state index in [0.717, 1.165) is 5.56 Å². The van der Waals surface area contributed by atoms with Crippen LogP contribution >= 0.6 is 0 Å². The molecule has 0 radical (unpaired) electrons. The molecule has 1 aromatic heterocycles. The Hall–Kier alpha value is -2.26. The molecule has 0 aliphatic heterocycles. The first-order chi connectivity index (χ1) is 9.69. The van der Waals surface area contributed by atoms with Gasteiger partial charge in [-0.15, -0.1) is 0 Å². The van der Waals surface area contributed by atoms with Crippen molar-refractivity contribution in [3.8, 4) is 6.07 Å². The van der Waals surface area contributed by atoms with Gasteiger partial charge < -0.3 is 19.2 Å². The molecule has 0 atom stereocenters. The van der Waals surface area contributed by atoms with Gasteiger partial charge in [-0.25, -0.2) is 4.79 Å². The minimum absolute atomic E-state index is 0.0370. The number of furan rings is 1. The number of carbonyl (C=O) groups excluding carboxylic acids is 1. The SMILES string of the molecule is CCOCCOC(=O)/C(C#N)=C(/C)NCc1ccoc1. The normalized spacial score (nSPS) is 11.4. The lowest BCUT2D eigenvalue weighted by Gasteiger charge is -2.08. The van der Waals surface area contributed by atoms with Crippen molar-refractivity contribution in [1.29, 1.82) is 5.26 Å². The van der Waals surface area contributed by atoms with Crippen LogP contribution in [0.15, 0.2) is 34.3 Å². The molecule has 6 nitrogen and oxygen atoms in total. The van der Waals surface area contributed by atoms with E-state index in [2.05, 4.69) is 5.32 Å². The van der Waals surface area contributed by atoms with Gasteiger partial charge in [-0.05, 0) is 19.9 Å². The summed E-state index contributed by atoms with van der Waals surface area (Å²) in [5.74, 6) is -0.649. The van der Waals surface area contributed by atoms with E-state index >= 15 is 0 Å². The quantitative estimate of drug-likeness (QED) is 0.337. The lowest BCUT2D eigenvalue weighted by atomic mass is 10.2. The molecule has 0 spiro atoms. The minimum Gasteiger partial charge on any atom is -0.472 e. The second-order valence-electron chi connectivity index (χ2n) is 3.93. The summed E-state index contributed by atoms with van der Waals surface area (Å²) < 4.78 is 14.9. The molecule has 0 aromatic carbocycles. The van der Waals surface area contributed by atoms with E-state index in [9.17, 15) is 4.79 Å². The van der Waals surface area contributed by atoms with Gasteiger partial charge in [-0.1, -0.05) is 0 Å². The van der Waals surface area contributed by atoms with Crippen LogP contribution in [0.25, 0.3) is 0 Å². The average Bonchev–Trinajstić information content (AvgIpc) is 2.95. The number of ether oxygens (including phenoxy) is 2. The van der Waals surface area contributed by atoms with Crippen molar-refractivity contribution in [2.24, 2.45) is 0 Å². The summed E-state index contributed by atoms with van der Waals surface area (Å²) in [6, 6.07) is 3.65. The largest absolute Gasteiger partial charge is 0.472 e. The van der Waals surface area contributed by atoms with Crippen LogP contribution in [0.2, 0.25) is 0 Å². The molecule has 0 fully saturated rings.